The van der Waals surface area contributed by atoms with Gasteiger partial charge in [0.2, 0.25) is 11.8 Å². The fourth-order valence-corrected chi connectivity index (χ4v) is 4.29. The van der Waals surface area contributed by atoms with Crippen molar-refractivity contribution < 1.29 is 19.1 Å². The molecule has 1 saturated heterocycles. The lowest BCUT2D eigenvalue weighted by molar-refractivity contribution is -0.128. The molecule has 2 heterocycles. The van der Waals surface area contributed by atoms with Crippen molar-refractivity contribution >= 4 is 28.6 Å². The number of hydrogen-bond acceptors (Lipinski definition) is 5. The van der Waals surface area contributed by atoms with Crippen molar-refractivity contribution in [3.8, 4) is 5.75 Å². The van der Waals surface area contributed by atoms with E-state index < -0.39 is 6.04 Å². The van der Waals surface area contributed by atoms with Crippen molar-refractivity contribution in [3.63, 3.8) is 0 Å². The summed E-state index contributed by atoms with van der Waals surface area (Å²) in [4.78, 5) is 41.3. The number of nitrogens with one attached hydrogen (secondary N) is 4. The molecule has 1 aliphatic heterocycles. The highest BCUT2D eigenvalue weighted by atomic mass is 16.5. The smallest absolute Gasteiger partial charge is 0.268 e. The van der Waals surface area contributed by atoms with Crippen LogP contribution in [0.2, 0.25) is 0 Å². The van der Waals surface area contributed by atoms with Crippen LogP contribution in [0.15, 0.2) is 24.3 Å². The lowest BCUT2D eigenvalue weighted by atomic mass is 9.91. The molecule has 0 unspecified atom stereocenters. The van der Waals surface area contributed by atoms with Gasteiger partial charge in [0.05, 0.1) is 7.11 Å². The fourth-order valence-electron chi connectivity index (χ4n) is 4.29. The zero-order valence-electron chi connectivity index (χ0n) is 19.6. The number of H-pyrrole nitrogens is 1. The fraction of sp³-hybridized carbons (Fsp3) is 0.542. The van der Waals surface area contributed by atoms with E-state index in [1.807, 2.05) is 32.0 Å². The summed E-state index contributed by atoms with van der Waals surface area (Å²) >= 11 is 0. The molecule has 33 heavy (non-hydrogen) atoms. The number of fused-ring (bicyclic) bond motifs is 1. The second-order valence-electron chi connectivity index (χ2n) is 9.07. The summed E-state index contributed by atoms with van der Waals surface area (Å²) in [7, 11) is 1.58. The van der Waals surface area contributed by atoms with E-state index in [9.17, 15) is 14.4 Å². The van der Waals surface area contributed by atoms with Crippen molar-refractivity contribution in [3.05, 3.63) is 30.0 Å². The minimum atomic E-state index is -0.722. The molecular formula is C24H35N5O4. The molecule has 0 bridgehead atoms. The topological polar surface area (TPSA) is 138 Å². The van der Waals surface area contributed by atoms with Crippen molar-refractivity contribution in [1.29, 1.82) is 0 Å². The Labute approximate surface area is 194 Å². The molecule has 9 nitrogen and oxygen atoms in total. The lowest BCUT2D eigenvalue weighted by Crippen LogP contribution is -2.53. The number of aromatic nitrogens is 1. The highest BCUT2D eigenvalue weighted by molar-refractivity contribution is 6.01. The van der Waals surface area contributed by atoms with Gasteiger partial charge < -0.3 is 31.4 Å². The molecule has 0 spiro atoms. The van der Waals surface area contributed by atoms with Gasteiger partial charge in [0.1, 0.15) is 17.5 Å². The SMILES string of the molecule is COc1cccc2[nH]c(C(=O)N[C@@H](CC(C)C)C(=O)N[C@H](CN)C[C@@H]3CCCNC3=O)cc12. The zero-order valence-corrected chi connectivity index (χ0v) is 19.6. The Morgan fingerprint density at radius 1 is 1.27 bits per heavy atom. The monoisotopic (exact) mass is 457 g/mol. The number of piperidine rings is 1. The Bertz CT molecular complexity index is 986. The molecule has 1 aromatic carbocycles. The van der Waals surface area contributed by atoms with Gasteiger partial charge in [0, 0.05) is 36.0 Å². The van der Waals surface area contributed by atoms with Crippen molar-refractivity contribution in [2.75, 3.05) is 20.2 Å². The predicted octanol–water partition coefficient (Wildman–Crippen LogP) is 1.68. The van der Waals surface area contributed by atoms with Gasteiger partial charge >= 0.3 is 0 Å². The van der Waals surface area contributed by atoms with E-state index >= 15 is 0 Å². The third kappa shape index (κ3) is 6.25. The van der Waals surface area contributed by atoms with Gasteiger partial charge in [-0.2, -0.15) is 0 Å². The normalized spacial score (nSPS) is 18.0. The standard InChI is InChI=1S/C24H35N5O4/c1-14(2)10-19(23(31)27-16(13-25)11-15-6-5-9-26-22(15)30)29-24(32)20-12-17-18(28-20)7-4-8-21(17)33-3/h4,7-8,12,14-16,19,28H,5-6,9-11,13,25H2,1-3H3,(H,26,30)(H,27,31)(H,29,32)/t15-,16-,19-/m0/s1. The number of benzene rings is 1. The molecule has 1 fully saturated rings. The largest absolute Gasteiger partial charge is 0.496 e. The number of aromatic amines is 1. The highest BCUT2D eigenvalue weighted by Gasteiger charge is 2.29. The number of rotatable bonds is 10. The molecular weight excluding hydrogens is 422 g/mol. The number of carbonyl (C=O) groups excluding carboxylic acids is 3. The van der Waals surface area contributed by atoms with E-state index in [2.05, 4.69) is 20.9 Å². The maximum atomic E-state index is 13.1. The van der Waals surface area contributed by atoms with Gasteiger partial charge in [-0.05, 0) is 49.8 Å². The van der Waals surface area contributed by atoms with Crippen LogP contribution in [0, 0.1) is 11.8 Å². The second-order valence-corrected chi connectivity index (χ2v) is 9.07. The highest BCUT2D eigenvalue weighted by Crippen LogP contribution is 2.26. The Morgan fingerprint density at radius 3 is 2.73 bits per heavy atom. The summed E-state index contributed by atoms with van der Waals surface area (Å²) in [5, 5.41) is 9.47. The summed E-state index contributed by atoms with van der Waals surface area (Å²) in [5.74, 6) is 0.0332. The van der Waals surface area contributed by atoms with E-state index in [-0.39, 0.29) is 42.1 Å². The summed E-state index contributed by atoms with van der Waals surface area (Å²) in [6, 6.07) is 6.19. The van der Waals surface area contributed by atoms with E-state index in [1.54, 1.807) is 13.2 Å². The first kappa shape index (κ1) is 24.6. The minimum Gasteiger partial charge on any atom is -0.496 e. The average Bonchev–Trinajstić information content (AvgIpc) is 3.24. The number of methoxy groups -OCH3 is 1. The zero-order chi connectivity index (χ0) is 24.0. The summed E-state index contributed by atoms with van der Waals surface area (Å²) in [5.41, 5.74) is 7.03. The first-order valence-electron chi connectivity index (χ1n) is 11.6. The van der Waals surface area contributed by atoms with Crippen LogP contribution in [0.3, 0.4) is 0 Å². The average molecular weight is 458 g/mol. The predicted molar refractivity (Wildman–Crippen MR) is 127 cm³/mol. The second kappa shape index (κ2) is 11.2. The Balaban J connectivity index is 1.69. The van der Waals surface area contributed by atoms with Gasteiger partial charge in [0.25, 0.3) is 5.91 Å². The summed E-state index contributed by atoms with van der Waals surface area (Å²) in [6.45, 7) is 4.90. The van der Waals surface area contributed by atoms with Gasteiger partial charge in [-0.1, -0.05) is 19.9 Å². The number of nitrogens with two attached hydrogens (primary N) is 1. The van der Waals surface area contributed by atoms with Crippen LogP contribution in [0.4, 0.5) is 0 Å². The van der Waals surface area contributed by atoms with Gasteiger partial charge in [0.15, 0.2) is 0 Å². The van der Waals surface area contributed by atoms with Crippen LogP contribution in [0.1, 0.15) is 50.0 Å². The molecule has 3 rings (SSSR count). The third-order valence-corrected chi connectivity index (χ3v) is 6.02. The van der Waals surface area contributed by atoms with Crippen LogP contribution < -0.4 is 26.4 Å². The third-order valence-electron chi connectivity index (χ3n) is 6.02. The van der Waals surface area contributed by atoms with Crippen LogP contribution in [-0.4, -0.2) is 55.0 Å². The molecule has 6 N–H and O–H groups in total. The van der Waals surface area contributed by atoms with Crippen molar-refractivity contribution in [2.45, 2.75) is 51.6 Å². The first-order chi connectivity index (χ1) is 15.8. The van der Waals surface area contributed by atoms with E-state index in [0.717, 1.165) is 23.7 Å². The molecule has 0 aliphatic carbocycles. The number of ether oxygens (including phenoxy) is 1. The van der Waals surface area contributed by atoms with Crippen LogP contribution >= 0.6 is 0 Å². The van der Waals surface area contributed by atoms with Crippen LogP contribution in [0.25, 0.3) is 10.9 Å². The lowest BCUT2D eigenvalue weighted by Gasteiger charge is -2.28. The van der Waals surface area contributed by atoms with Crippen molar-refractivity contribution in [1.82, 2.24) is 20.9 Å². The van der Waals surface area contributed by atoms with Crippen molar-refractivity contribution in [2.24, 2.45) is 17.6 Å². The van der Waals surface area contributed by atoms with E-state index in [0.29, 0.717) is 30.8 Å². The molecule has 9 heteroatoms. The Hall–Kier alpha value is -3.07. The maximum absolute atomic E-state index is 13.1. The van der Waals surface area contributed by atoms with E-state index in [1.165, 1.54) is 0 Å². The molecule has 180 valence electrons. The van der Waals surface area contributed by atoms with Gasteiger partial charge in [-0.3, -0.25) is 14.4 Å². The number of carbonyl (C=O) groups is 3. The maximum Gasteiger partial charge on any atom is 0.268 e. The first-order valence-corrected chi connectivity index (χ1v) is 11.6. The minimum absolute atomic E-state index is 0.00946. The van der Waals surface area contributed by atoms with E-state index in [4.69, 9.17) is 10.5 Å². The summed E-state index contributed by atoms with van der Waals surface area (Å²) in [6.07, 6.45) is 2.66. The molecule has 0 saturated carbocycles. The van der Waals surface area contributed by atoms with Gasteiger partial charge in [-0.15, -0.1) is 0 Å². The molecule has 2 aromatic rings. The molecule has 1 aliphatic rings. The van der Waals surface area contributed by atoms with Crippen LogP contribution in [0.5, 0.6) is 5.75 Å². The molecule has 1 aromatic heterocycles. The quantitative estimate of drug-likeness (QED) is 0.369. The molecule has 3 atom stereocenters. The van der Waals surface area contributed by atoms with Gasteiger partial charge in [-0.25, -0.2) is 0 Å². The number of hydrogen-bond donors (Lipinski definition) is 5. The Morgan fingerprint density at radius 2 is 2.06 bits per heavy atom. The Kier molecular flexibility index (Phi) is 8.32. The molecule has 3 amide bonds. The van der Waals surface area contributed by atoms with Crippen LogP contribution in [-0.2, 0) is 9.59 Å². The number of amides is 3. The molecule has 0 radical (unpaired) electrons. The summed E-state index contributed by atoms with van der Waals surface area (Å²) < 4.78 is 5.36.